The average molecular weight is 372 g/mol. The van der Waals surface area contributed by atoms with Crippen molar-refractivity contribution in [1.82, 2.24) is 0 Å². The minimum Gasteiger partial charge on any atom is -0.326 e. The third-order valence-electron chi connectivity index (χ3n) is 4.11. The molecule has 2 N–H and O–H groups in total. The van der Waals surface area contributed by atoms with Gasteiger partial charge in [-0.05, 0) is 36.4 Å². The fourth-order valence-electron chi connectivity index (χ4n) is 2.87. The van der Waals surface area contributed by atoms with Gasteiger partial charge in [0.15, 0.2) is 0 Å². The molecule has 0 radical (unpaired) electrons. The minimum absolute atomic E-state index is 0.126. The van der Waals surface area contributed by atoms with Gasteiger partial charge in [0.05, 0.1) is 16.6 Å². The van der Waals surface area contributed by atoms with Gasteiger partial charge in [-0.15, -0.1) is 0 Å². The summed E-state index contributed by atoms with van der Waals surface area (Å²) in [5.74, 6) is -0.959. The van der Waals surface area contributed by atoms with Crippen LogP contribution in [0, 0.1) is 5.92 Å². The molecule has 1 aliphatic rings. The topological polar surface area (TPSA) is 78.5 Å². The zero-order chi connectivity index (χ0) is 18.7. The monoisotopic (exact) mass is 371 g/mol. The lowest BCUT2D eigenvalue weighted by atomic mass is 10.1. The molecular weight excluding hydrogens is 354 g/mol. The molecule has 26 heavy (non-hydrogen) atoms. The summed E-state index contributed by atoms with van der Waals surface area (Å²) >= 11 is 6.15. The van der Waals surface area contributed by atoms with Crippen molar-refractivity contribution in [1.29, 1.82) is 0 Å². The van der Waals surface area contributed by atoms with Crippen LogP contribution in [0.5, 0.6) is 0 Å². The fraction of sp³-hybridized carbons (Fsp3) is 0.211. The van der Waals surface area contributed by atoms with Crippen LogP contribution in [0.1, 0.15) is 13.3 Å². The van der Waals surface area contributed by atoms with Gasteiger partial charge >= 0.3 is 0 Å². The van der Waals surface area contributed by atoms with Crippen molar-refractivity contribution in [2.24, 2.45) is 5.92 Å². The molecule has 0 bridgehead atoms. The van der Waals surface area contributed by atoms with Gasteiger partial charge in [-0.2, -0.15) is 0 Å². The lowest BCUT2D eigenvalue weighted by molar-refractivity contribution is -0.122. The van der Waals surface area contributed by atoms with Crippen molar-refractivity contribution in [3.8, 4) is 0 Å². The summed E-state index contributed by atoms with van der Waals surface area (Å²) in [4.78, 5) is 37.4. The molecule has 0 aliphatic carbocycles. The van der Waals surface area contributed by atoms with Gasteiger partial charge < -0.3 is 15.5 Å². The minimum atomic E-state index is -0.450. The van der Waals surface area contributed by atoms with Gasteiger partial charge in [0.2, 0.25) is 17.7 Å². The molecule has 0 spiro atoms. The zero-order valence-electron chi connectivity index (χ0n) is 14.2. The molecule has 7 heteroatoms. The molecule has 134 valence electrons. The SMILES string of the molecule is CC(=O)Nc1ccc(NC(=O)[C@H]2CC(=O)N(c3ccccc3Cl)C2)cc1. The van der Waals surface area contributed by atoms with E-state index in [9.17, 15) is 14.4 Å². The maximum Gasteiger partial charge on any atom is 0.229 e. The number of hydrogen-bond donors (Lipinski definition) is 2. The Balaban J connectivity index is 1.65. The number of nitrogens with one attached hydrogen (secondary N) is 2. The van der Waals surface area contributed by atoms with Crippen LogP contribution in [0.25, 0.3) is 0 Å². The van der Waals surface area contributed by atoms with Crippen LogP contribution < -0.4 is 15.5 Å². The van der Waals surface area contributed by atoms with Gasteiger partial charge in [0, 0.05) is 31.3 Å². The maximum atomic E-state index is 12.5. The number of anilines is 3. The first-order chi connectivity index (χ1) is 12.4. The van der Waals surface area contributed by atoms with Gasteiger partial charge in [0.25, 0.3) is 0 Å². The van der Waals surface area contributed by atoms with E-state index in [1.807, 2.05) is 0 Å². The predicted molar refractivity (Wildman–Crippen MR) is 101 cm³/mol. The van der Waals surface area contributed by atoms with Gasteiger partial charge in [0.1, 0.15) is 0 Å². The Morgan fingerprint density at radius 1 is 1.04 bits per heavy atom. The summed E-state index contributed by atoms with van der Waals surface area (Å²) in [6.45, 7) is 1.72. The van der Waals surface area contributed by atoms with Crippen molar-refractivity contribution >= 4 is 46.4 Å². The zero-order valence-corrected chi connectivity index (χ0v) is 14.9. The largest absolute Gasteiger partial charge is 0.326 e. The third-order valence-corrected chi connectivity index (χ3v) is 4.43. The fourth-order valence-corrected chi connectivity index (χ4v) is 3.11. The predicted octanol–water partition coefficient (Wildman–Crippen LogP) is 3.29. The smallest absolute Gasteiger partial charge is 0.229 e. The number of rotatable bonds is 4. The Labute approximate surface area is 156 Å². The highest BCUT2D eigenvalue weighted by molar-refractivity contribution is 6.33. The van der Waals surface area contributed by atoms with Crippen molar-refractivity contribution in [2.45, 2.75) is 13.3 Å². The second-order valence-electron chi connectivity index (χ2n) is 6.10. The lowest BCUT2D eigenvalue weighted by Gasteiger charge is -2.18. The molecule has 1 heterocycles. The molecule has 3 rings (SSSR count). The molecule has 1 saturated heterocycles. The molecule has 2 aromatic rings. The Morgan fingerprint density at radius 3 is 2.27 bits per heavy atom. The van der Waals surface area contributed by atoms with E-state index in [0.29, 0.717) is 28.6 Å². The average Bonchev–Trinajstić information content (AvgIpc) is 2.98. The number of hydrogen-bond acceptors (Lipinski definition) is 3. The summed E-state index contributed by atoms with van der Waals surface area (Å²) in [5.41, 5.74) is 1.87. The van der Waals surface area contributed by atoms with E-state index < -0.39 is 5.92 Å². The first-order valence-corrected chi connectivity index (χ1v) is 8.55. The second-order valence-corrected chi connectivity index (χ2v) is 6.51. The van der Waals surface area contributed by atoms with Crippen molar-refractivity contribution in [3.05, 3.63) is 53.6 Å². The Kier molecular flexibility index (Phi) is 5.23. The third kappa shape index (κ3) is 4.03. The van der Waals surface area contributed by atoms with E-state index >= 15 is 0 Å². The number of nitrogens with zero attached hydrogens (tertiary/aromatic N) is 1. The number of carbonyl (C=O) groups excluding carboxylic acids is 3. The molecule has 1 aliphatic heterocycles. The molecule has 1 fully saturated rings. The number of para-hydroxylation sites is 1. The van der Waals surface area contributed by atoms with E-state index in [-0.39, 0.29) is 24.1 Å². The summed E-state index contributed by atoms with van der Waals surface area (Å²) in [7, 11) is 0. The van der Waals surface area contributed by atoms with Crippen LogP contribution in [-0.2, 0) is 14.4 Å². The molecule has 0 unspecified atom stereocenters. The summed E-state index contributed by atoms with van der Waals surface area (Å²) in [5, 5.41) is 5.95. The van der Waals surface area contributed by atoms with E-state index in [2.05, 4.69) is 10.6 Å². The molecule has 2 aromatic carbocycles. The molecule has 0 saturated carbocycles. The highest BCUT2D eigenvalue weighted by Crippen LogP contribution is 2.31. The molecule has 0 aromatic heterocycles. The molecule has 1 atom stereocenters. The summed E-state index contributed by atoms with van der Waals surface area (Å²) in [6, 6.07) is 13.9. The van der Waals surface area contributed by atoms with Crippen LogP contribution in [0.2, 0.25) is 5.02 Å². The standard InChI is InChI=1S/C19H18ClN3O3/c1-12(24)21-14-6-8-15(9-7-14)22-19(26)13-10-18(25)23(11-13)17-5-3-2-4-16(17)20/h2-9,13H,10-11H2,1H3,(H,21,24)(H,22,26)/t13-/m0/s1. The van der Waals surface area contributed by atoms with E-state index in [4.69, 9.17) is 11.6 Å². The van der Waals surface area contributed by atoms with Crippen LogP contribution in [0.15, 0.2) is 48.5 Å². The highest BCUT2D eigenvalue weighted by Gasteiger charge is 2.35. The summed E-state index contributed by atoms with van der Waals surface area (Å²) < 4.78 is 0. The van der Waals surface area contributed by atoms with Crippen LogP contribution in [0.3, 0.4) is 0 Å². The first kappa shape index (κ1) is 17.9. The van der Waals surface area contributed by atoms with E-state index in [0.717, 1.165) is 0 Å². The highest BCUT2D eigenvalue weighted by atomic mass is 35.5. The Bertz CT molecular complexity index is 851. The second kappa shape index (κ2) is 7.58. The first-order valence-electron chi connectivity index (χ1n) is 8.17. The van der Waals surface area contributed by atoms with E-state index in [1.165, 1.54) is 6.92 Å². The number of halogens is 1. The summed E-state index contributed by atoms with van der Waals surface area (Å²) in [6.07, 6.45) is 0.140. The van der Waals surface area contributed by atoms with Crippen molar-refractivity contribution in [2.75, 3.05) is 22.1 Å². The van der Waals surface area contributed by atoms with Gasteiger partial charge in [-0.1, -0.05) is 23.7 Å². The van der Waals surface area contributed by atoms with Crippen LogP contribution in [0.4, 0.5) is 17.1 Å². The maximum absolute atomic E-state index is 12.5. The molecule has 3 amide bonds. The van der Waals surface area contributed by atoms with Gasteiger partial charge in [-0.3, -0.25) is 14.4 Å². The number of carbonyl (C=O) groups is 3. The lowest BCUT2D eigenvalue weighted by Crippen LogP contribution is -2.28. The van der Waals surface area contributed by atoms with Crippen LogP contribution >= 0.6 is 11.6 Å². The van der Waals surface area contributed by atoms with Gasteiger partial charge in [-0.25, -0.2) is 0 Å². The van der Waals surface area contributed by atoms with Crippen molar-refractivity contribution in [3.63, 3.8) is 0 Å². The van der Waals surface area contributed by atoms with Crippen molar-refractivity contribution < 1.29 is 14.4 Å². The number of benzene rings is 2. The quantitative estimate of drug-likeness (QED) is 0.865. The van der Waals surface area contributed by atoms with Crippen LogP contribution in [-0.4, -0.2) is 24.3 Å². The Hall–Kier alpha value is -2.86. The molecule has 6 nitrogen and oxygen atoms in total. The molecular formula is C19H18ClN3O3. The Morgan fingerprint density at radius 2 is 1.65 bits per heavy atom. The van der Waals surface area contributed by atoms with E-state index in [1.54, 1.807) is 53.4 Å². The normalized spacial score (nSPS) is 16.5. The number of amides is 3.